The monoisotopic (exact) mass is 313 g/mol. The van der Waals surface area contributed by atoms with E-state index in [4.69, 9.17) is 10.5 Å². The van der Waals surface area contributed by atoms with Crippen molar-refractivity contribution in [2.45, 2.75) is 6.61 Å². The molecule has 0 aliphatic carbocycles. The average molecular weight is 314 g/mol. The van der Waals surface area contributed by atoms with Gasteiger partial charge >= 0.3 is 0 Å². The molecule has 0 fully saturated rings. The zero-order chi connectivity index (χ0) is 13.1. The fourth-order valence-electron chi connectivity index (χ4n) is 1.49. The number of nitrogens with two attached hydrogens (primary N) is 1. The summed E-state index contributed by atoms with van der Waals surface area (Å²) in [6.07, 6.45) is 0. The van der Waals surface area contributed by atoms with E-state index >= 15 is 0 Å². The van der Waals surface area contributed by atoms with Gasteiger partial charge in [-0.25, -0.2) is 8.78 Å². The second kappa shape index (κ2) is 5.35. The predicted octanol–water partition coefficient (Wildman–Crippen LogP) is 3.89. The van der Waals surface area contributed by atoms with Gasteiger partial charge in [0, 0.05) is 21.8 Å². The van der Waals surface area contributed by atoms with E-state index < -0.39 is 11.6 Å². The largest absolute Gasteiger partial charge is 0.489 e. The molecule has 94 valence electrons. The highest BCUT2D eigenvalue weighted by Crippen LogP contribution is 2.24. The maximum atomic E-state index is 13.4. The van der Waals surface area contributed by atoms with Crippen LogP contribution in [0.2, 0.25) is 0 Å². The van der Waals surface area contributed by atoms with E-state index in [1.165, 1.54) is 12.1 Å². The van der Waals surface area contributed by atoms with Crippen molar-refractivity contribution in [3.63, 3.8) is 0 Å². The Morgan fingerprint density at radius 2 is 1.94 bits per heavy atom. The molecule has 0 bridgehead atoms. The van der Waals surface area contributed by atoms with Crippen LogP contribution in [-0.2, 0) is 6.61 Å². The molecule has 2 aromatic rings. The molecule has 0 aliphatic heterocycles. The van der Waals surface area contributed by atoms with Crippen molar-refractivity contribution >= 4 is 21.6 Å². The first-order valence-corrected chi connectivity index (χ1v) is 5.97. The molecule has 5 heteroatoms. The molecular weight excluding hydrogens is 304 g/mol. The Morgan fingerprint density at radius 3 is 2.67 bits per heavy atom. The number of hydrogen-bond donors (Lipinski definition) is 1. The molecule has 2 N–H and O–H groups in total. The van der Waals surface area contributed by atoms with Crippen molar-refractivity contribution in [2.24, 2.45) is 0 Å². The van der Waals surface area contributed by atoms with Crippen molar-refractivity contribution in [2.75, 3.05) is 5.73 Å². The lowest BCUT2D eigenvalue weighted by atomic mass is 10.2. The summed E-state index contributed by atoms with van der Waals surface area (Å²) in [5.41, 5.74) is 6.33. The van der Waals surface area contributed by atoms with E-state index in [-0.39, 0.29) is 12.2 Å². The van der Waals surface area contributed by atoms with Gasteiger partial charge in [0.2, 0.25) is 0 Å². The lowest BCUT2D eigenvalue weighted by Gasteiger charge is -2.08. The Labute approximate surface area is 112 Å². The standard InChI is InChI=1S/C13H10BrF2NO/c14-9-4-10(17)6-11(5-9)18-7-8-2-1-3-12(15)13(8)16/h1-6H,7,17H2. The highest BCUT2D eigenvalue weighted by atomic mass is 79.9. The van der Waals surface area contributed by atoms with Crippen LogP contribution in [0.1, 0.15) is 5.56 Å². The molecule has 0 saturated heterocycles. The fraction of sp³-hybridized carbons (Fsp3) is 0.0769. The van der Waals surface area contributed by atoms with Crippen molar-refractivity contribution < 1.29 is 13.5 Å². The number of halogens is 3. The van der Waals surface area contributed by atoms with Gasteiger partial charge in [0.25, 0.3) is 0 Å². The van der Waals surface area contributed by atoms with Crippen LogP contribution < -0.4 is 10.5 Å². The second-order valence-corrected chi connectivity index (χ2v) is 4.64. The van der Waals surface area contributed by atoms with Crippen LogP contribution in [0, 0.1) is 11.6 Å². The quantitative estimate of drug-likeness (QED) is 0.873. The maximum Gasteiger partial charge on any atom is 0.165 e. The minimum absolute atomic E-state index is 0.0561. The van der Waals surface area contributed by atoms with E-state index in [2.05, 4.69) is 15.9 Å². The van der Waals surface area contributed by atoms with Crippen molar-refractivity contribution in [3.8, 4) is 5.75 Å². The maximum absolute atomic E-state index is 13.4. The minimum Gasteiger partial charge on any atom is -0.489 e. The van der Waals surface area contributed by atoms with E-state index in [1.54, 1.807) is 18.2 Å². The first-order valence-electron chi connectivity index (χ1n) is 5.18. The summed E-state index contributed by atoms with van der Waals surface area (Å²) < 4.78 is 32.5. The first kappa shape index (κ1) is 12.8. The van der Waals surface area contributed by atoms with Gasteiger partial charge in [0.15, 0.2) is 11.6 Å². The summed E-state index contributed by atoms with van der Waals surface area (Å²) in [5.74, 6) is -1.28. The zero-order valence-corrected chi connectivity index (χ0v) is 10.9. The summed E-state index contributed by atoms with van der Waals surface area (Å²) in [4.78, 5) is 0. The molecule has 0 atom stereocenters. The smallest absolute Gasteiger partial charge is 0.165 e. The lowest BCUT2D eigenvalue weighted by molar-refractivity contribution is 0.297. The van der Waals surface area contributed by atoms with Crippen LogP contribution in [0.25, 0.3) is 0 Å². The number of hydrogen-bond acceptors (Lipinski definition) is 2. The van der Waals surface area contributed by atoms with Crippen molar-refractivity contribution in [3.05, 3.63) is 58.1 Å². The van der Waals surface area contributed by atoms with Gasteiger partial charge < -0.3 is 10.5 Å². The molecule has 2 aromatic carbocycles. The molecule has 18 heavy (non-hydrogen) atoms. The SMILES string of the molecule is Nc1cc(Br)cc(OCc2cccc(F)c2F)c1. The normalized spacial score (nSPS) is 10.4. The number of nitrogen functional groups attached to an aromatic ring is 1. The van der Waals surface area contributed by atoms with Crippen molar-refractivity contribution in [1.82, 2.24) is 0 Å². The summed E-state index contributed by atoms with van der Waals surface area (Å²) >= 11 is 3.27. The highest BCUT2D eigenvalue weighted by molar-refractivity contribution is 9.10. The van der Waals surface area contributed by atoms with Gasteiger partial charge in [-0.1, -0.05) is 28.1 Å². The predicted molar refractivity (Wildman–Crippen MR) is 69.2 cm³/mol. The summed E-state index contributed by atoms with van der Waals surface area (Å²) in [5, 5.41) is 0. The van der Waals surface area contributed by atoms with Gasteiger partial charge in [0.1, 0.15) is 12.4 Å². The van der Waals surface area contributed by atoms with Gasteiger partial charge in [-0.2, -0.15) is 0 Å². The molecule has 0 spiro atoms. The molecular formula is C13H10BrF2NO. The van der Waals surface area contributed by atoms with Gasteiger partial charge in [-0.15, -0.1) is 0 Å². The van der Waals surface area contributed by atoms with Crippen LogP contribution in [0.15, 0.2) is 40.9 Å². The number of ether oxygens (including phenoxy) is 1. The Bertz CT molecular complexity index is 555. The second-order valence-electron chi connectivity index (χ2n) is 3.72. The zero-order valence-electron chi connectivity index (χ0n) is 9.29. The minimum atomic E-state index is -0.888. The Morgan fingerprint density at radius 1 is 1.17 bits per heavy atom. The van der Waals surface area contributed by atoms with E-state index in [0.717, 1.165) is 10.5 Å². The summed E-state index contributed by atoms with van der Waals surface area (Å²) in [6.45, 7) is -0.0561. The van der Waals surface area contributed by atoms with E-state index in [1.807, 2.05) is 0 Å². The lowest BCUT2D eigenvalue weighted by Crippen LogP contribution is -2.00. The summed E-state index contributed by atoms with van der Waals surface area (Å²) in [6, 6.07) is 9.01. The van der Waals surface area contributed by atoms with Crippen LogP contribution in [-0.4, -0.2) is 0 Å². The van der Waals surface area contributed by atoms with Crippen LogP contribution in [0.5, 0.6) is 5.75 Å². The molecule has 0 unspecified atom stereocenters. The molecule has 0 aromatic heterocycles. The number of benzene rings is 2. The van der Waals surface area contributed by atoms with Crippen LogP contribution in [0.3, 0.4) is 0 Å². The van der Waals surface area contributed by atoms with Gasteiger partial charge in [0.05, 0.1) is 0 Å². The number of rotatable bonds is 3. The Kier molecular flexibility index (Phi) is 3.81. The Balaban J connectivity index is 2.14. The molecule has 0 amide bonds. The molecule has 0 aliphatic rings. The molecule has 2 nitrogen and oxygen atoms in total. The Hall–Kier alpha value is -1.62. The topological polar surface area (TPSA) is 35.2 Å². The molecule has 0 radical (unpaired) electrons. The van der Waals surface area contributed by atoms with Gasteiger partial charge in [-0.05, 0) is 18.2 Å². The molecule has 2 rings (SSSR count). The van der Waals surface area contributed by atoms with Gasteiger partial charge in [-0.3, -0.25) is 0 Å². The third-order valence-corrected chi connectivity index (χ3v) is 2.78. The number of anilines is 1. The van der Waals surface area contributed by atoms with Crippen molar-refractivity contribution in [1.29, 1.82) is 0 Å². The average Bonchev–Trinajstić information content (AvgIpc) is 2.30. The first-order chi connectivity index (χ1) is 8.56. The van der Waals surface area contributed by atoms with Crippen LogP contribution in [0.4, 0.5) is 14.5 Å². The van der Waals surface area contributed by atoms with E-state index in [9.17, 15) is 8.78 Å². The van der Waals surface area contributed by atoms with Crippen LogP contribution >= 0.6 is 15.9 Å². The third kappa shape index (κ3) is 2.98. The summed E-state index contributed by atoms with van der Waals surface area (Å²) in [7, 11) is 0. The molecule has 0 saturated carbocycles. The van der Waals surface area contributed by atoms with E-state index in [0.29, 0.717) is 11.4 Å². The molecule has 0 heterocycles. The third-order valence-electron chi connectivity index (χ3n) is 2.32. The fourth-order valence-corrected chi connectivity index (χ4v) is 1.98. The highest BCUT2D eigenvalue weighted by Gasteiger charge is 2.08.